The number of aliphatic imine (C=N–C) groups is 1. The van der Waals surface area contributed by atoms with Gasteiger partial charge in [-0.15, -0.1) is 21.5 Å². The Hall–Kier alpha value is -2.55. The predicted molar refractivity (Wildman–Crippen MR) is 113 cm³/mol. The average Bonchev–Trinajstić information content (AvgIpc) is 3.25. The molecule has 0 unspecified atom stereocenters. The van der Waals surface area contributed by atoms with Crippen molar-refractivity contribution >= 4 is 34.6 Å². The number of hydrogen-bond acceptors (Lipinski definition) is 6. The van der Waals surface area contributed by atoms with Crippen molar-refractivity contribution in [3.8, 4) is 5.00 Å². The molecule has 7 nitrogen and oxygen atoms in total. The summed E-state index contributed by atoms with van der Waals surface area (Å²) in [7, 11) is 0. The first-order valence-corrected chi connectivity index (χ1v) is 10.5. The van der Waals surface area contributed by atoms with E-state index in [-0.39, 0.29) is 19.1 Å². The van der Waals surface area contributed by atoms with Gasteiger partial charge in [-0.1, -0.05) is 29.8 Å². The number of aliphatic hydroxyl groups is 1. The maximum absolute atomic E-state index is 11.9. The Kier molecular flexibility index (Phi) is 5.75. The van der Waals surface area contributed by atoms with Crippen LogP contribution in [-0.2, 0) is 17.8 Å². The van der Waals surface area contributed by atoms with Crippen molar-refractivity contribution < 1.29 is 9.90 Å². The SMILES string of the molecule is Cc1nnc2n1-c1sc(CCC(=O)NCCO)cc1C(c1ccccc1Cl)=NC2. The van der Waals surface area contributed by atoms with Crippen LogP contribution in [0.4, 0.5) is 0 Å². The van der Waals surface area contributed by atoms with Gasteiger partial charge in [0.25, 0.3) is 0 Å². The molecule has 0 radical (unpaired) electrons. The minimum absolute atomic E-state index is 0.0631. The first-order valence-electron chi connectivity index (χ1n) is 9.29. The van der Waals surface area contributed by atoms with E-state index in [0.717, 1.165) is 38.4 Å². The number of aryl methyl sites for hydroxylation is 2. The number of carbonyl (C=O) groups is 1. The first kappa shape index (κ1) is 19.8. The fraction of sp³-hybridized carbons (Fsp3) is 0.300. The Morgan fingerprint density at radius 1 is 1.31 bits per heavy atom. The van der Waals surface area contributed by atoms with E-state index in [2.05, 4.69) is 21.6 Å². The molecule has 0 spiro atoms. The van der Waals surface area contributed by atoms with Crippen molar-refractivity contribution in [3.63, 3.8) is 0 Å². The third-order valence-corrected chi connectivity index (χ3v) is 6.16. The van der Waals surface area contributed by atoms with Gasteiger partial charge >= 0.3 is 0 Å². The molecule has 2 N–H and O–H groups in total. The molecule has 0 aliphatic carbocycles. The van der Waals surface area contributed by atoms with Crippen LogP contribution in [0.5, 0.6) is 0 Å². The molecule has 0 atom stereocenters. The largest absolute Gasteiger partial charge is 0.395 e. The van der Waals surface area contributed by atoms with E-state index in [9.17, 15) is 4.79 Å². The lowest BCUT2D eigenvalue weighted by molar-refractivity contribution is -0.121. The van der Waals surface area contributed by atoms with E-state index in [1.165, 1.54) is 0 Å². The molecule has 1 aromatic carbocycles. The van der Waals surface area contributed by atoms with Crippen molar-refractivity contribution in [3.05, 3.63) is 63.0 Å². The zero-order valence-corrected chi connectivity index (χ0v) is 17.4. The minimum Gasteiger partial charge on any atom is -0.395 e. The van der Waals surface area contributed by atoms with Gasteiger partial charge < -0.3 is 10.4 Å². The number of amides is 1. The summed E-state index contributed by atoms with van der Waals surface area (Å²) in [5.41, 5.74) is 2.66. The Bertz CT molecular complexity index is 1090. The highest BCUT2D eigenvalue weighted by Gasteiger charge is 2.25. The monoisotopic (exact) mass is 429 g/mol. The lowest BCUT2D eigenvalue weighted by Crippen LogP contribution is -2.26. The molecule has 0 fully saturated rings. The molecular formula is C20H20ClN5O2S. The third-order valence-electron chi connectivity index (χ3n) is 4.65. The molecule has 2 aromatic heterocycles. The van der Waals surface area contributed by atoms with Crippen molar-refractivity contribution in [2.24, 2.45) is 4.99 Å². The smallest absolute Gasteiger partial charge is 0.220 e. The summed E-state index contributed by atoms with van der Waals surface area (Å²) in [5, 5.41) is 21.6. The predicted octanol–water partition coefficient (Wildman–Crippen LogP) is 2.68. The Labute approximate surface area is 177 Å². The highest BCUT2D eigenvalue weighted by molar-refractivity contribution is 7.15. The molecule has 0 saturated carbocycles. The summed E-state index contributed by atoms with van der Waals surface area (Å²) in [5.74, 6) is 1.50. The summed E-state index contributed by atoms with van der Waals surface area (Å²) >= 11 is 8.08. The van der Waals surface area contributed by atoms with Crippen LogP contribution in [0, 0.1) is 6.92 Å². The van der Waals surface area contributed by atoms with Gasteiger partial charge in [0.1, 0.15) is 17.4 Å². The zero-order valence-electron chi connectivity index (χ0n) is 15.9. The third kappa shape index (κ3) is 3.96. The second-order valence-corrected chi connectivity index (χ2v) is 8.17. The maximum Gasteiger partial charge on any atom is 0.220 e. The van der Waals surface area contributed by atoms with E-state index in [4.69, 9.17) is 21.7 Å². The van der Waals surface area contributed by atoms with E-state index in [0.29, 0.717) is 24.4 Å². The van der Waals surface area contributed by atoms with Crippen LogP contribution in [0.2, 0.25) is 5.02 Å². The summed E-state index contributed by atoms with van der Waals surface area (Å²) < 4.78 is 2.03. The molecule has 4 rings (SSSR count). The molecule has 3 heterocycles. The number of halogens is 1. The minimum atomic E-state index is -0.0798. The van der Waals surface area contributed by atoms with Gasteiger partial charge in [0, 0.05) is 34.0 Å². The van der Waals surface area contributed by atoms with Gasteiger partial charge in [0.2, 0.25) is 5.91 Å². The molecular weight excluding hydrogens is 410 g/mol. The summed E-state index contributed by atoms with van der Waals surface area (Å²) in [6.45, 7) is 2.54. The van der Waals surface area contributed by atoms with Gasteiger partial charge in [0.05, 0.1) is 12.3 Å². The number of aliphatic hydroxyl groups excluding tert-OH is 1. The Morgan fingerprint density at radius 3 is 2.93 bits per heavy atom. The van der Waals surface area contributed by atoms with Gasteiger partial charge in [-0.05, 0) is 25.5 Å². The van der Waals surface area contributed by atoms with E-state index in [1.807, 2.05) is 35.8 Å². The number of thiophene rings is 1. The summed E-state index contributed by atoms with van der Waals surface area (Å²) in [6.07, 6.45) is 0.952. The van der Waals surface area contributed by atoms with Gasteiger partial charge in [0.15, 0.2) is 5.82 Å². The number of hydrogen-bond donors (Lipinski definition) is 2. The molecule has 9 heteroatoms. The second-order valence-electron chi connectivity index (χ2n) is 6.65. The highest BCUT2D eigenvalue weighted by Crippen LogP contribution is 2.34. The van der Waals surface area contributed by atoms with E-state index >= 15 is 0 Å². The fourth-order valence-electron chi connectivity index (χ4n) is 3.30. The topological polar surface area (TPSA) is 92.4 Å². The number of rotatable bonds is 6. The standard InChI is InChI=1S/C20H20ClN5O2S/c1-12-24-25-17-11-23-19(14-4-2-3-5-16(14)21)15-10-13(29-20(15)26(12)17)6-7-18(28)22-8-9-27/h2-5,10,27H,6-9,11H2,1H3,(H,22,28). The Balaban J connectivity index is 1.73. The van der Waals surface area contributed by atoms with Crippen LogP contribution in [0.3, 0.4) is 0 Å². The van der Waals surface area contributed by atoms with Crippen LogP contribution >= 0.6 is 22.9 Å². The molecule has 1 amide bonds. The van der Waals surface area contributed by atoms with Crippen molar-refractivity contribution in [2.75, 3.05) is 13.2 Å². The number of aromatic nitrogens is 3. The number of nitrogens with zero attached hydrogens (tertiary/aromatic N) is 4. The van der Waals surface area contributed by atoms with Crippen LogP contribution in [0.25, 0.3) is 5.00 Å². The van der Waals surface area contributed by atoms with E-state index < -0.39 is 0 Å². The van der Waals surface area contributed by atoms with Crippen molar-refractivity contribution in [1.29, 1.82) is 0 Å². The van der Waals surface area contributed by atoms with Crippen LogP contribution < -0.4 is 5.32 Å². The second kappa shape index (κ2) is 8.44. The van der Waals surface area contributed by atoms with Crippen molar-refractivity contribution in [2.45, 2.75) is 26.3 Å². The first-order chi connectivity index (χ1) is 14.1. The quantitative estimate of drug-likeness (QED) is 0.630. The number of fused-ring (bicyclic) bond motifs is 3. The summed E-state index contributed by atoms with van der Waals surface area (Å²) in [6, 6.07) is 9.74. The number of benzene rings is 1. The normalized spacial score (nSPS) is 12.7. The number of carbonyl (C=O) groups excluding carboxylic acids is 1. The Morgan fingerprint density at radius 2 is 2.14 bits per heavy atom. The summed E-state index contributed by atoms with van der Waals surface area (Å²) in [4.78, 5) is 17.8. The molecule has 150 valence electrons. The van der Waals surface area contributed by atoms with E-state index in [1.54, 1.807) is 11.3 Å². The lowest BCUT2D eigenvalue weighted by Gasteiger charge is -2.08. The average molecular weight is 430 g/mol. The van der Waals surface area contributed by atoms with Crippen LogP contribution in [-0.4, -0.2) is 44.6 Å². The zero-order chi connectivity index (χ0) is 20.4. The number of nitrogens with one attached hydrogen (secondary N) is 1. The van der Waals surface area contributed by atoms with Gasteiger partial charge in [-0.25, -0.2) is 0 Å². The molecule has 0 bridgehead atoms. The van der Waals surface area contributed by atoms with Crippen LogP contribution in [0.1, 0.15) is 34.1 Å². The molecule has 29 heavy (non-hydrogen) atoms. The molecule has 1 aliphatic rings. The van der Waals surface area contributed by atoms with Gasteiger partial charge in [-0.3, -0.25) is 14.4 Å². The molecule has 0 saturated heterocycles. The van der Waals surface area contributed by atoms with Crippen LogP contribution in [0.15, 0.2) is 35.3 Å². The maximum atomic E-state index is 11.9. The van der Waals surface area contributed by atoms with Gasteiger partial charge in [-0.2, -0.15) is 0 Å². The lowest BCUT2D eigenvalue weighted by atomic mass is 10.0. The molecule has 1 aliphatic heterocycles. The highest BCUT2D eigenvalue weighted by atomic mass is 35.5. The molecule has 3 aromatic rings. The fourth-order valence-corrected chi connectivity index (χ4v) is 4.75. The van der Waals surface area contributed by atoms with Crippen molar-refractivity contribution in [1.82, 2.24) is 20.1 Å².